The molecule has 0 bridgehead atoms. The predicted octanol–water partition coefficient (Wildman–Crippen LogP) is -0.222. The fourth-order valence-electron chi connectivity index (χ4n) is 2.03. The van der Waals surface area contributed by atoms with Gasteiger partial charge in [0.1, 0.15) is 11.5 Å². The van der Waals surface area contributed by atoms with Gasteiger partial charge in [-0.15, -0.1) is 0 Å². The van der Waals surface area contributed by atoms with E-state index >= 15 is 0 Å². The van der Waals surface area contributed by atoms with Crippen LogP contribution in [0.2, 0.25) is 0 Å². The fourth-order valence-corrected chi connectivity index (χ4v) is 2.03. The Bertz CT molecular complexity index is 428. The van der Waals surface area contributed by atoms with Crippen LogP contribution in [0.15, 0.2) is 17.5 Å². The van der Waals surface area contributed by atoms with Crippen molar-refractivity contribution >= 4 is 11.7 Å². The number of aliphatic hydroxyl groups excluding tert-OH is 1. The van der Waals surface area contributed by atoms with Gasteiger partial charge in [0.05, 0.1) is 18.5 Å². The average Bonchev–Trinajstić information content (AvgIpc) is 2.36. The minimum Gasteiger partial charge on any atom is -0.409 e. The maximum absolute atomic E-state index is 9.23. The molecule has 0 saturated heterocycles. The Kier molecular flexibility index (Phi) is 3.61. The Morgan fingerprint density at radius 2 is 2.22 bits per heavy atom. The third kappa shape index (κ3) is 2.67. The van der Waals surface area contributed by atoms with Crippen LogP contribution in [0.4, 0.5) is 5.82 Å². The summed E-state index contributed by atoms with van der Waals surface area (Å²) in [5, 5.41) is 20.6. The van der Waals surface area contributed by atoms with E-state index in [0.717, 1.165) is 25.2 Å². The van der Waals surface area contributed by atoms with Gasteiger partial charge in [0.25, 0.3) is 0 Å². The molecular weight excluding hydrogens is 234 g/mol. The number of aliphatic hydroxyl groups is 1. The lowest BCUT2D eigenvalue weighted by Crippen LogP contribution is -2.37. The van der Waals surface area contributed by atoms with Gasteiger partial charge < -0.3 is 20.9 Å². The summed E-state index contributed by atoms with van der Waals surface area (Å²) in [7, 11) is 1.93. The van der Waals surface area contributed by atoms with Crippen LogP contribution in [-0.2, 0) is 0 Å². The normalized spacial score (nSPS) is 23.6. The molecule has 2 rings (SSSR count). The maximum Gasteiger partial charge on any atom is 0.190 e. The van der Waals surface area contributed by atoms with E-state index in [1.54, 1.807) is 6.20 Å². The number of nitrogens with zero attached hydrogens (tertiary/aromatic N) is 4. The number of amidine groups is 1. The van der Waals surface area contributed by atoms with Gasteiger partial charge in [-0.2, -0.15) is 0 Å². The zero-order chi connectivity index (χ0) is 13.1. The first kappa shape index (κ1) is 12.6. The standard InChI is InChI=1S/C11H17N5O2/c1-16(6-7-2-8(17)3-7)10-5-13-9(4-14-10)11(12)15-18/h4-5,7-8,17-18H,2-3,6H2,1H3,(H2,12,15). The first-order chi connectivity index (χ1) is 8.60. The van der Waals surface area contributed by atoms with E-state index in [-0.39, 0.29) is 11.9 Å². The van der Waals surface area contributed by atoms with E-state index in [9.17, 15) is 5.11 Å². The molecule has 1 aliphatic rings. The van der Waals surface area contributed by atoms with Gasteiger partial charge in [-0.3, -0.25) is 0 Å². The number of aromatic nitrogens is 2. The third-order valence-electron chi connectivity index (χ3n) is 3.14. The number of rotatable bonds is 4. The molecule has 1 heterocycles. The molecule has 1 aliphatic carbocycles. The van der Waals surface area contributed by atoms with Gasteiger partial charge in [-0.25, -0.2) is 9.97 Å². The molecule has 1 fully saturated rings. The number of hydrogen-bond donors (Lipinski definition) is 3. The van der Waals surface area contributed by atoms with Gasteiger partial charge in [0, 0.05) is 13.6 Å². The summed E-state index contributed by atoms with van der Waals surface area (Å²) in [6.45, 7) is 0.842. The maximum atomic E-state index is 9.23. The number of nitrogens with two attached hydrogens (primary N) is 1. The van der Waals surface area contributed by atoms with E-state index in [1.165, 1.54) is 6.20 Å². The first-order valence-electron chi connectivity index (χ1n) is 5.79. The van der Waals surface area contributed by atoms with E-state index in [0.29, 0.717) is 11.6 Å². The van der Waals surface area contributed by atoms with Crippen molar-refractivity contribution in [3.63, 3.8) is 0 Å². The van der Waals surface area contributed by atoms with Gasteiger partial charge >= 0.3 is 0 Å². The summed E-state index contributed by atoms with van der Waals surface area (Å²) in [4.78, 5) is 10.3. The van der Waals surface area contributed by atoms with Crippen molar-refractivity contribution < 1.29 is 10.3 Å². The van der Waals surface area contributed by atoms with Crippen molar-refractivity contribution in [2.75, 3.05) is 18.5 Å². The van der Waals surface area contributed by atoms with Crippen LogP contribution in [0.3, 0.4) is 0 Å². The molecule has 0 unspecified atom stereocenters. The highest BCUT2D eigenvalue weighted by Crippen LogP contribution is 2.28. The molecule has 0 radical (unpaired) electrons. The van der Waals surface area contributed by atoms with E-state index in [4.69, 9.17) is 10.9 Å². The summed E-state index contributed by atoms with van der Waals surface area (Å²) in [6.07, 6.45) is 4.61. The zero-order valence-corrected chi connectivity index (χ0v) is 10.2. The van der Waals surface area contributed by atoms with Crippen LogP contribution in [0.1, 0.15) is 18.5 Å². The number of oxime groups is 1. The molecule has 7 nitrogen and oxygen atoms in total. The quantitative estimate of drug-likeness (QED) is 0.295. The Morgan fingerprint density at radius 3 is 2.72 bits per heavy atom. The van der Waals surface area contributed by atoms with Crippen molar-refractivity contribution in [2.45, 2.75) is 18.9 Å². The molecule has 1 aromatic rings. The second kappa shape index (κ2) is 5.18. The topological polar surface area (TPSA) is 108 Å². The molecule has 0 amide bonds. The molecule has 0 atom stereocenters. The SMILES string of the molecule is CN(CC1CC(O)C1)c1cnc(C(N)=NO)cn1. The lowest BCUT2D eigenvalue weighted by molar-refractivity contribution is 0.0464. The van der Waals surface area contributed by atoms with Crippen molar-refractivity contribution in [2.24, 2.45) is 16.8 Å². The molecule has 0 aliphatic heterocycles. The molecule has 4 N–H and O–H groups in total. The molecule has 98 valence electrons. The van der Waals surface area contributed by atoms with Gasteiger partial charge in [-0.1, -0.05) is 5.16 Å². The third-order valence-corrected chi connectivity index (χ3v) is 3.14. The molecule has 18 heavy (non-hydrogen) atoms. The average molecular weight is 251 g/mol. The van der Waals surface area contributed by atoms with E-state index in [2.05, 4.69) is 15.1 Å². The van der Waals surface area contributed by atoms with Crippen LogP contribution >= 0.6 is 0 Å². The molecule has 0 aromatic carbocycles. The van der Waals surface area contributed by atoms with Crippen molar-refractivity contribution in [3.05, 3.63) is 18.1 Å². The summed E-state index contributed by atoms with van der Waals surface area (Å²) in [5.41, 5.74) is 5.74. The van der Waals surface area contributed by atoms with Crippen LogP contribution in [0.25, 0.3) is 0 Å². The minimum absolute atomic E-state index is 0.0566. The fraction of sp³-hybridized carbons (Fsp3) is 0.545. The molecule has 1 saturated carbocycles. The second-order valence-electron chi connectivity index (χ2n) is 4.62. The van der Waals surface area contributed by atoms with Crippen LogP contribution in [0.5, 0.6) is 0 Å². The smallest absolute Gasteiger partial charge is 0.190 e. The van der Waals surface area contributed by atoms with Crippen molar-refractivity contribution in [1.29, 1.82) is 0 Å². The van der Waals surface area contributed by atoms with E-state index in [1.807, 2.05) is 11.9 Å². The zero-order valence-electron chi connectivity index (χ0n) is 10.2. The lowest BCUT2D eigenvalue weighted by atomic mass is 9.82. The summed E-state index contributed by atoms with van der Waals surface area (Å²) in [5.74, 6) is 1.18. The van der Waals surface area contributed by atoms with E-state index < -0.39 is 0 Å². The summed E-state index contributed by atoms with van der Waals surface area (Å²) in [6, 6.07) is 0. The summed E-state index contributed by atoms with van der Waals surface area (Å²) >= 11 is 0. The van der Waals surface area contributed by atoms with Crippen molar-refractivity contribution in [1.82, 2.24) is 9.97 Å². The van der Waals surface area contributed by atoms with Gasteiger partial charge in [0.15, 0.2) is 5.84 Å². The van der Waals surface area contributed by atoms with Crippen LogP contribution in [-0.4, -0.2) is 45.8 Å². The first-order valence-corrected chi connectivity index (χ1v) is 5.79. The summed E-state index contributed by atoms with van der Waals surface area (Å²) < 4.78 is 0. The number of hydrogen-bond acceptors (Lipinski definition) is 6. The highest BCUT2D eigenvalue weighted by molar-refractivity contribution is 5.94. The Labute approximate surface area is 105 Å². The highest BCUT2D eigenvalue weighted by atomic mass is 16.4. The minimum atomic E-state index is -0.141. The molecule has 1 aromatic heterocycles. The van der Waals surface area contributed by atoms with Gasteiger partial charge in [-0.05, 0) is 18.8 Å². The highest BCUT2D eigenvalue weighted by Gasteiger charge is 2.28. The monoisotopic (exact) mass is 251 g/mol. The van der Waals surface area contributed by atoms with Crippen LogP contribution in [0, 0.1) is 5.92 Å². The number of anilines is 1. The van der Waals surface area contributed by atoms with Crippen LogP contribution < -0.4 is 10.6 Å². The molecule has 7 heteroatoms. The molecule has 0 spiro atoms. The lowest BCUT2D eigenvalue weighted by Gasteiger charge is -2.34. The van der Waals surface area contributed by atoms with Gasteiger partial charge in [0.2, 0.25) is 0 Å². The largest absolute Gasteiger partial charge is 0.409 e. The van der Waals surface area contributed by atoms with Crippen molar-refractivity contribution in [3.8, 4) is 0 Å². The Morgan fingerprint density at radius 1 is 1.50 bits per heavy atom. The molecular formula is C11H17N5O2. The second-order valence-corrected chi connectivity index (χ2v) is 4.62. The Balaban J connectivity index is 1.96. The predicted molar refractivity (Wildman–Crippen MR) is 66.5 cm³/mol. The Hall–Kier alpha value is -1.89.